The molecule has 1 amide bonds. The first-order chi connectivity index (χ1) is 5.36. The third-order valence-corrected chi connectivity index (χ3v) is 3.84. The van der Waals surface area contributed by atoms with Crippen molar-refractivity contribution in [2.75, 3.05) is 11.5 Å². The van der Waals surface area contributed by atoms with Gasteiger partial charge in [-0.2, -0.15) is 11.8 Å². The number of rotatable bonds is 1. The van der Waals surface area contributed by atoms with Gasteiger partial charge in [-0.15, -0.1) is 0 Å². The molecule has 0 aromatic carbocycles. The average Bonchev–Trinajstić information content (AvgIpc) is 1.83. The maximum Gasteiger partial charge on any atom is 0.238 e. The van der Waals surface area contributed by atoms with Gasteiger partial charge in [0.25, 0.3) is 0 Å². The Bertz CT molecular complexity index is 205. The third-order valence-electron chi connectivity index (χ3n) is 2.14. The molecule has 70 valence electrons. The van der Waals surface area contributed by atoms with Crippen molar-refractivity contribution in [1.82, 2.24) is 0 Å². The molecule has 1 aliphatic heterocycles. The van der Waals surface area contributed by atoms with Crippen LogP contribution in [0.1, 0.15) is 20.3 Å². The molecule has 4 heteroatoms. The van der Waals surface area contributed by atoms with E-state index in [2.05, 4.69) is 13.8 Å². The van der Waals surface area contributed by atoms with Gasteiger partial charge < -0.3 is 11.5 Å². The Labute approximate surface area is 77.3 Å². The monoisotopic (exact) mass is 188 g/mol. The number of amides is 1. The minimum absolute atomic E-state index is 0.132. The maximum absolute atomic E-state index is 11.0. The number of nitrogens with two attached hydrogens (primary N) is 2. The average molecular weight is 188 g/mol. The van der Waals surface area contributed by atoms with E-state index in [0.717, 1.165) is 5.75 Å². The fourth-order valence-corrected chi connectivity index (χ4v) is 2.99. The van der Waals surface area contributed by atoms with Crippen molar-refractivity contribution >= 4 is 17.7 Å². The van der Waals surface area contributed by atoms with Gasteiger partial charge in [0.05, 0.1) is 0 Å². The highest BCUT2D eigenvalue weighted by atomic mass is 32.2. The lowest BCUT2D eigenvalue weighted by atomic mass is 9.80. The summed E-state index contributed by atoms with van der Waals surface area (Å²) >= 11 is 1.71. The smallest absolute Gasteiger partial charge is 0.238 e. The van der Waals surface area contributed by atoms with Crippen LogP contribution in [0.25, 0.3) is 0 Å². The van der Waals surface area contributed by atoms with Gasteiger partial charge in [-0.3, -0.25) is 4.79 Å². The van der Waals surface area contributed by atoms with Gasteiger partial charge in [-0.05, 0) is 17.6 Å². The van der Waals surface area contributed by atoms with Gasteiger partial charge in [0.1, 0.15) is 5.54 Å². The Kier molecular flexibility index (Phi) is 2.40. The third kappa shape index (κ3) is 1.93. The summed E-state index contributed by atoms with van der Waals surface area (Å²) < 4.78 is 0. The van der Waals surface area contributed by atoms with Crippen molar-refractivity contribution in [3.8, 4) is 0 Å². The Balaban J connectivity index is 2.74. The summed E-state index contributed by atoms with van der Waals surface area (Å²) in [6.07, 6.45) is 0.697. The fraction of sp³-hybridized carbons (Fsp3) is 0.875. The predicted octanol–water partition coefficient (Wildman–Crippen LogP) is 0.332. The second kappa shape index (κ2) is 2.92. The molecule has 1 unspecified atom stereocenters. The van der Waals surface area contributed by atoms with Crippen molar-refractivity contribution in [3.05, 3.63) is 0 Å². The van der Waals surface area contributed by atoms with Crippen molar-refractivity contribution in [2.45, 2.75) is 25.8 Å². The lowest BCUT2D eigenvalue weighted by Crippen LogP contribution is -2.58. The van der Waals surface area contributed by atoms with E-state index in [1.54, 1.807) is 11.8 Å². The van der Waals surface area contributed by atoms with Crippen LogP contribution in [0.15, 0.2) is 0 Å². The molecule has 0 aliphatic carbocycles. The van der Waals surface area contributed by atoms with E-state index in [9.17, 15) is 4.79 Å². The summed E-state index contributed by atoms with van der Waals surface area (Å²) in [5.41, 5.74) is 10.5. The van der Waals surface area contributed by atoms with Crippen LogP contribution in [0.5, 0.6) is 0 Å². The van der Waals surface area contributed by atoms with Crippen LogP contribution in [0.3, 0.4) is 0 Å². The Morgan fingerprint density at radius 3 is 2.33 bits per heavy atom. The Morgan fingerprint density at radius 1 is 1.42 bits per heavy atom. The largest absolute Gasteiger partial charge is 0.368 e. The molecule has 1 rings (SSSR count). The molecule has 0 radical (unpaired) electrons. The van der Waals surface area contributed by atoms with E-state index in [-0.39, 0.29) is 11.3 Å². The second-order valence-corrected chi connectivity index (χ2v) is 5.34. The predicted molar refractivity (Wildman–Crippen MR) is 51.8 cm³/mol. The molecule has 0 spiro atoms. The van der Waals surface area contributed by atoms with Crippen LogP contribution in [0.4, 0.5) is 0 Å². The fourth-order valence-electron chi connectivity index (χ4n) is 1.62. The van der Waals surface area contributed by atoms with E-state index in [1.807, 2.05) is 0 Å². The normalized spacial score (nSPS) is 34.6. The number of thioether (sulfide) groups is 1. The lowest BCUT2D eigenvalue weighted by molar-refractivity contribution is -0.123. The van der Waals surface area contributed by atoms with Gasteiger partial charge in [-0.25, -0.2) is 0 Å². The molecule has 1 saturated heterocycles. The van der Waals surface area contributed by atoms with E-state index < -0.39 is 5.54 Å². The first-order valence-corrected chi connectivity index (χ1v) is 5.18. The van der Waals surface area contributed by atoms with Crippen molar-refractivity contribution < 1.29 is 4.79 Å². The molecule has 3 nitrogen and oxygen atoms in total. The molecule has 1 heterocycles. The summed E-state index contributed by atoms with van der Waals surface area (Å²) in [5.74, 6) is 1.34. The number of carbonyl (C=O) groups excluding carboxylic acids is 1. The first-order valence-electron chi connectivity index (χ1n) is 4.02. The number of primary amides is 1. The van der Waals surface area contributed by atoms with E-state index in [0.29, 0.717) is 12.2 Å². The maximum atomic E-state index is 11.0. The van der Waals surface area contributed by atoms with E-state index in [4.69, 9.17) is 11.5 Å². The van der Waals surface area contributed by atoms with E-state index >= 15 is 0 Å². The highest BCUT2D eigenvalue weighted by molar-refractivity contribution is 7.99. The van der Waals surface area contributed by atoms with E-state index in [1.165, 1.54) is 0 Å². The quantitative estimate of drug-likeness (QED) is 0.623. The van der Waals surface area contributed by atoms with Gasteiger partial charge in [0, 0.05) is 5.75 Å². The molecule has 0 aromatic heterocycles. The zero-order valence-corrected chi connectivity index (χ0v) is 8.41. The minimum atomic E-state index is -0.785. The Hall–Kier alpha value is -0.220. The zero-order chi connectivity index (χ0) is 9.41. The molecular weight excluding hydrogens is 172 g/mol. The number of hydrogen-bond acceptors (Lipinski definition) is 3. The summed E-state index contributed by atoms with van der Waals surface area (Å²) in [5, 5.41) is 0. The summed E-state index contributed by atoms with van der Waals surface area (Å²) in [7, 11) is 0. The zero-order valence-electron chi connectivity index (χ0n) is 7.59. The van der Waals surface area contributed by atoms with Crippen LogP contribution >= 0.6 is 11.8 Å². The molecule has 12 heavy (non-hydrogen) atoms. The second-order valence-electron chi connectivity index (χ2n) is 4.35. The summed E-state index contributed by atoms with van der Waals surface area (Å²) in [4.78, 5) is 11.0. The number of hydrogen-bond donors (Lipinski definition) is 2. The molecule has 1 atom stereocenters. The molecule has 0 saturated carbocycles. The minimum Gasteiger partial charge on any atom is -0.368 e. The molecular formula is C8H16N2OS. The highest BCUT2D eigenvalue weighted by Crippen LogP contribution is 2.37. The van der Waals surface area contributed by atoms with Gasteiger partial charge >= 0.3 is 0 Å². The molecule has 0 bridgehead atoms. The Morgan fingerprint density at radius 2 is 2.00 bits per heavy atom. The summed E-state index contributed by atoms with van der Waals surface area (Å²) in [6.45, 7) is 4.23. The van der Waals surface area contributed by atoms with Gasteiger partial charge in [0.2, 0.25) is 5.91 Å². The standard InChI is InChI=1S/C8H16N2OS/c1-7(2)3-8(10,6(9)11)5-12-4-7/h3-5,10H2,1-2H3,(H2,9,11). The van der Waals surface area contributed by atoms with Gasteiger partial charge in [0.15, 0.2) is 0 Å². The lowest BCUT2D eigenvalue weighted by Gasteiger charge is -2.39. The number of carbonyl (C=O) groups is 1. The van der Waals surface area contributed by atoms with Crippen LogP contribution in [0.2, 0.25) is 0 Å². The highest BCUT2D eigenvalue weighted by Gasteiger charge is 2.41. The van der Waals surface area contributed by atoms with Crippen LogP contribution < -0.4 is 11.5 Å². The molecule has 1 fully saturated rings. The van der Waals surface area contributed by atoms with Crippen molar-refractivity contribution in [2.24, 2.45) is 16.9 Å². The van der Waals surface area contributed by atoms with Crippen molar-refractivity contribution in [3.63, 3.8) is 0 Å². The first kappa shape index (κ1) is 9.86. The molecule has 1 aliphatic rings. The van der Waals surface area contributed by atoms with Gasteiger partial charge in [-0.1, -0.05) is 13.8 Å². The molecule has 0 aromatic rings. The van der Waals surface area contributed by atoms with Crippen molar-refractivity contribution in [1.29, 1.82) is 0 Å². The summed E-state index contributed by atoms with van der Waals surface area (Å²) in [6, 6.07) is 0. The van der Waals surface area contributed by atoms with Crippen LogP contribution in [-0.4, -0.2) is 23.0 Å². The SMILES string of the molecule is CC1(C)CSCC(N)(C(N)=O)C1. The van der Waals surface area contributed by atoms with Crippen LogP contribution in [0, 0.1) is 5.41 Å². The molecule has 4 N–H and O–H groups in total. The van der Waals surface area contributed by atoms with Crippen LogP contribution in [-0.2, 0) is 4.79 Å². The topological polar surface area (TPSA) is 69.1 Å².